The van der Waals surface area contributed by atoms with Crippen LogP contribution in [0.15, 0.2) is 24.3 Å². The van der Waals surface area contributed by atoms with E-state index < -0.39 is 6.10 Å². The second kappa shape index (κ2) is 8.59. The van der Waals surface area contributed by atoms with Crippen molar-refractivity contribution in [2.45, 2.75) is 58.1 Å². The number of anilines is 1. The van der Waals surface area contributed by atoms with E-state index in [0.717, 1.165) is 78.4 Å². The Balaban J connectivity index is 1.52. The molecule has 2 aromatic rings. The fourth-order valence-electron chi connectivity index (χ4n) is 6.17. The number of nitrogens with zero attached hydrogens (tertiary/aromatic N) is 3. The molecule has 6 rings (SSSR count). The van der Waals surface area contributed by atoms with Crippen molar-refractivity contribution in [2.24, 2.45) is 17.8 Å². The lowest BCUT2D eigenvalue weighted by Crippen LogP contribution is -2.55. The van der Waals surface area contributed by atoms with Crippen molar-refractivity contribution in [1.29, 1.82) is 0 Å². The molecule has 0 amide bonds. The summed E-state index contributed by atoms with van der Waals surface area (Å²) in [5, 5.41) is 12.7. The first kappa shape index (κ1) is 21.0. The van der Waals surface area contributed by atoms with Crippen LogP contribution in [0.1, 0.15) is 57.6 Å². The number of hydrogen-bond donors (Lipinski definition) is 1. The molecule has 168 valence electrons. The number of aromatic nitrogens is 1. The minimum Gasteiger partial charge on any atom is -0.497 e. The first-order chi connectivity index (χ1) is 15.1. The molecule has 1 unspecified atom stereocenters. The van der Waals surface area contributed by atoms with Crippen LogP contribution < -0.4 is 9.64 Å². The number of aliphatic hydroxyl groups excluding tert-OH is 1. The molecular weight excluding hydrogens is 386 g/mol. The van der Waals surface area contributed by atoms with Gasteiger partial charge in [-0.25, -0.2) is 4.98 Å². The third-order valence-electron chi connectivity index (χ3n) is 8.29. The van der Waals surface area contributed by atoms with Crippen LogP contribution in [0.2, 0.25) is 0 Å². The van der Waals surface area contributed by atoms with E-state index in [4.69, 9.17) is 9.72 Å². The molecule has 4 aliphatic heterocycles. The molecule has 4 saturated heterocycles. The predicted molar refractivity (Wildman–Crippen MR) is 126 cm³/mol. The zero-order chi connectivity index (χ0) is 21.5. The summed E-state index contributed by atoms with van der Waals surface area (Å²) in [6, 6.07) is 8.44. The Kier molecular flexibility index (Phi) is 5.82. The summed E-state index contributed by atoms with van der Waals surface area (Å²) in [6.07, 6.45) is 5.54. The number of hydrogen-bond acceptors (Lipinski definition) is 5. The standard InChI is InChI=1S/C26H37N3O2/c1-4-18-16-29-12-9-19(18)13-24(29)26(30)22-15-25(28-10-7-17(2)8-11-28)27-23-6-5-20(31-3)14-21(22)23/h5-6,14-15,17-19,24,26,30H,4,7-13,16H2,1-3H3/t18-,19+,24-,26+/m0/s1. The maximum absolute atomic E-state index is 11.7. The Labute approximate surface area is 186 Å². The highest BCUT2D eigenvalue weighted by atomic mass is 16.5. The maximum atomic E-state index is 11.7. The van der Waals surface area contributed by atoms with E-state index in [2.05, 4.69) is 29.7 Å². The molecule has 4 aliphatic rings. The van der Waals surface area contributed by atoms with Crippen LogP contribution in [-0.2, 0) is 0 Å². The summed E-state index contributed by atoms with van der Waals surface area (Å²) in [6.45, 7) is 8.98. The van der Waals surface area contributed by atoms with E-state index in [-0.39, 0.29) is 6.04 Å². The first-order valence-electron chi connectivity index (χ1n) is 12.2. The summed E-state index contributed by atoms with van der Waals surface area (Å²) in [5.41, 5.74) is 1.97. The highest BCUT2D eigenvalue weighted by Crippen LogP contribution is 2.43. The molecule has 5 heteroatoms. The smallest absolute Gasteiger partial charge is 0.129 e. The Bertz CT molecular complexity index is 924. The van der Waals surface area contributed by atoms with Crippen molar-refractivity contribution < 1.29 is 9.84 Å². The molecular formula is C26H37N3O2. The van der Waals surface area contributed by atoms with Gasteiger partial charge < -0.3 is 14.7 Å². The molecule has 4 fully saturated rings. The van der Waals surface area contributed by atoms with E-state index >= 15 is 0 Å². The summed E-state index contributed by atoms with van der Waals surface area (Å²) < 4.78 is 5.51. The molecule has 5 nitrogen and oxygen atoms in total. The predicted octanol–water partition coefficient (Wildman–Crippen LogP) is 4.63. The summed E-state index contributed by atoms with van der Waals surface area (Å²) >= 11 is 0. The second-order valence-electron chi connectivity index (χ2n) is 10.1. The molecule has 1 aromatic carbocycles. The van der Waals surface area contributed by atoms with Crippen molar-refractivity contribution in [3.05, 3.63) is 29.8 Å². The van der Waals surface area contributed by atoms with Crippen LogP contribution in [0.3, 0.4) is 0 Å². The molecule has 0 aliphatic carbocycles. The minimum atomic E-state index is -0.499. The van der Waals surface area contributed by atoms with E-state index in [9.17, 15) is 5.11 Å². The van der Waals surface area contributed by atoms with Crippen LogP contribution in [0.25, 0.3) is 10.9 Å². The SMILES string of the molecule is CC[C@H]1CN2CC[C@@H]1C[C@H]2[C@H](O)c1cc(N2CCC(C)CC2)nc2ccc(OC)cc12. The van der Waals surface area contributed by atoms with E-state index in [1.54, 1.807) is 7.11 Å². The van der Waals surface area contributed by atoms with Gasteiger partial charge in [0.05, 0.1) is 18.7 Å². The zero-order valence-corrected chi connectivity index (χ0v) is 19.3. The fourth-order valence-corrected chi connectivity index (χ4v) is 6.17. The lowest BCUT2D eigenvalue weighted by atomic mass is 9.72. The first-order valence-corrected chi connectivity index (χ1v) is 12.2. The fraction of sp³-hybridized carbons (Fsp3) is 0.654. The largest absolute Gasteiger partial charge is 0.497 e. The van der Waals surface area contributed by atoms with Crippen molar-refractivity contribution in [1.82, 2.24) is 9.88 Å². The highest BCUT2D eigenvalue weighted by Gasteiger charge is 2.42. The van der Waals surface area contributed by atoms with Gasteiger partial charge in [0.15, 0.2) is 0 Å². The van der Waals surface area contributed by atoms with Gasteiger partial charge in [-0.1, -0.05) is 20.3 Å². The Morgan fingerprint density at radius 1 is 1.16 bits per heavy atom. The summed E-state index contributed by atoms with van der Waals surface area (Å²) in [4.78, 5) is 9.96. The Morgan fingerprint density at radius 3 is 2.65 bits per heavy atom. The zero-order valence-electron chi connectivity index (χ0n) is 19.3. The lowest BCUT2D eigenvalue weighted by molar-refractivity contribution is -0.0562. The molecule has 2 bridgehead atoms. The molecule has 0 radical (unpaired) electrons. The van der Waals surface area contributed by atoms with Crippen LogP contribution >= 0.6 is 0 Å². The quantitative estimate of drug-likeness (QED) is 0.760. The average molecular weight is 424 g/mol. The van der Waals surface area contributed by atoms with Crippen molar-refractivity contribution in [3.63, 3.8) is 0 Å². The number of aliphatic hydroxyl groups is 1. The van der Waals surface area contributed by atoms with Gasteiger partial charge in [-0.15, -0.1) is 0 Å². The highest BCUT2D eigenvalue weighted by molar-refractivity contribution is 5.86. The Hall–Kier alpha value is -1.85. The number of piperidine rings is 4. The van der Waals surface area contributed by atoms with Gasteiger partial charge in [-0.05, 0) is 79.8 Å². The van der Waals surface area contributed by atoms with Crippen LogP contribution in [-0.4, -0.2) is 54.3 Å². The number of rotatable bonds is 5. The third-order valence-corrected chi connectivity index (χ3v) is 8.29. The molecule has 1 N–H and O–H groups in total. The number of benzene rings is 1. The lowest BCUT2D eigenvalue weighted by Gasteiger charge is -2.51. The summed E-state index contributed by atoms with van der Waals surface area (Å²) in [7, 11) is 1.70. The minimum absolute atomic E-state index is 0.201. The monoisotopic (exact) mass is 423 g/mol. The molecule has 0 spiro atoms. The van der Waals surface area contributed by atoms with Gasteiger partial charge in [0, 0.05) is 31.1 Å². The Morgan fingerprint density at radius 2 is 1.97 bits per heavy atom. The number of fused-ring (bicyclic) bond motifs is 4. The van der Waals surface area contributed by atoms with E-state index in [1.165, 1.54) is 25.7 Å². The van der Waals surface area contributed by atoms with Crippen molar-refractivity contribution in [2.75, 3.05) is 38.2 Å². The van der Waals surface area contributed by atoms with Crippen molar-refractivity contribution >= 4 is 16.7 Å². The number of pyridine rings is 1. The van der Waals surface area contributed by atoms with E-state index in [1.807, 2.05) is 18.2 Å². The number of methoxy groups -OCH3 is 1. The van der Waals surface area contributed by atoms with E-state index in [0.29, 0.717) is 0 Å². The second-order valence-corrected chi connectivity index (χ2v) is 10.1. The van der Waals surface area contributed by atoms with Gasteiger partial charge in [0.25, 0.3) is 0 Å². The van der Waals surface area contributed by atoms with Crippen LogP contribution in [0.5, 0.6) is 5.75 Å². The molecule has 5 atom stereocenters. The van der Waals surface area contributed by atoms with Crippen LogP contribution in [0.4, 0.5) is 5.82 Å². The summed E-state index contributed by atoms with van der Waals surface area (Å²) in [5.74, 6) is 4.15. The maximum Gasteiger partial charge on any atom is 0.129 e. The molecule has 31 heavy (non-hydrogen) atoms. The van der Waals surface area contributed by atoms with Crippen LogP contribution in [0, 0.1) is 17.8 Å². The van der Waals surface area contributed by atoms with Crippen molar-refractivity contribution in [3.8, 4) is 5.75 Å². The molecule has 5 heterocycles. The van der Waals surface area contributed by atoms with Gasteiger partial charge in [0.1, 0.15) is 11.6 Å². The van der Waals surface area contributed by atoms with Gasteiger partial charge >= 0.3 is 0 Å². The third kappa shape index (κ3) is 3.91. The molecule has 0 saturated carbocycles. The van der Waals surface area contributed by atoms with Gasteiger partial charge in [-0.2, -0.15) is 0 Å². The van der Waals surface area contributed by atoms with Gasteiger partial charge in [0.2, 0.25) is 0 Å². The number of ether oxygens (including phenoxy) is 1. The molecule has 1 aromatic heterocycles. The average Bonchev–Trinajstić information content (AvgIpc) is 2.83. The normalized spacial score (nSPS) is 30.0. The van der Waals surface area contributed by atoms with Gasteiger partial charge in [-0.3, -0.25) is 4.90 Å². The topological polar surface area (TPSA) is 48.8 Å².